The fourth-order valence-electron chi connectivity index (χ4n) is 1.98. The summed E-state index contributed by atoms with van der Waals surface area (Å²) in [6.45, 7) is 2.06. The summed E-state index contributed by atoms with van der Waals surface area (Å²) < 4.78 is 0.829. The van der Waals surface area contributed by atoms with Gasteiger partial charge in [0, 0.05) is 22.3 Å². The molecule has 0 spiro atoms. The molecule has 0 fully saturated rings. The Labute approximate surface area is 127 Å². The Morgan fingerprint density at radius 3 is 2.70 bits per heavy atom. The molecule has 2 rings (SSSR count). The summed E-state index contributed by atoms with van der Waals surface area (Å²) in [7, 11) is 0. The number of halogens is 1. The third kappa shape index (κ3) is 3.84. The van der Waals surface area contributed by atoms with Crippen LogP contribution in [0.5, 0.6) is 0 Å². The highest BCUT2D eigenvalue weighted by molar-refractivity contribution is 9.10. The van der Waals surface area contributed by atoms with Gasteiger partial charge in [-0.1, -0.05) is 24.3 Å². The van der Waals surface area contributed by atoms with E-state index in [0.29, 0.717) is 12.1 Å². The minimum absolute atomic E-state index is 0.00465. The summed E-state index contributed by atoms with van der Waals surface area (Å²) in [4.78, 5) is 11.9. The van der Waals surface area contributed by atoms with Gasteiger partial charge in [0.05, 0.1) is 0 Å². The average Bonchev–Trinajstić information content (AvgIpc) is 2.42. The molecular weight excluding hydrogens is 316 g/mol. The van der Waals surface area contributed by atoms with Crippen LogP contribution in [0, 0.1) is 6.92 Å². The molecule has 3 nitrogen and oxygen atoms in total. The van der Waals surface area contributed by atoms with Gasteiger partial charge >= 0.3 is 0 Å². The lowest BCUT2D eigenvalue weighted by molar-refractivity contribution is -0.116. The molecular formula is C16H17BrN2O. The van der Waals surface area contributed by atoms with Crippen LogP contribution < -0.4 is 11.1 Å². The van der Waals surface area contributed by atoms with Crippen LogP contribution in [-0.2, 0) is 11.2 Å². The molecule has 0 bridgehead atoms. The number of nitrogens with one attached hydrogen (secondary N) is 1. The van der Waals surface area contributed by atoms with E-state index in [9.17, 15) is 4.79 Å². The molecule has 0 aromatic heterocycles. The van der Waals surface area contributed by atoms with Crippen LogP contribution >= 0.6 is 15.9 Å². The molecule has 2 aromatic rings. The maximum atomic E-state index is 11.9. The number of rotatable bonds is 4. The number of carbonyl (C=O) groups is 1. The van der Waals surface area contributed by atoms with Crippen LogP contribution in [-0.4, -0.2) is 5.91 Å². The van der Waals surface area contributed by atoms with E-state index >= 15 is 0 Å². The number of benzene rings is 2. The van der Waals surface area contributed by atoms with Gasteiger partial charge in [0.15, 0.2) is 0 Å². The molecule has 4 heteroatoms. The van der Waals surface area contributed by atoms with Crippen LogP contribution in [0.1, 0.15) is 17.5 Å². The molecule has 0 saturated carbocycles. The highest BCUT2D eigenvalue weighted by Crippen LogP contribution is 2.23. The van der Waals surface area contributed by atoms with Crippen molar-refractivity contribution in [2.45, 2.75) is 19.8 Å². The number of hydrogen-bond donors (Lipinski definition) is 2. The highest BCUT2D eigenvalue weighted by Gasteiger charge is 2.05. The first-order valence-corrected chi connectivity index (χ1v) is 7.25. The predicted octanol–water partition coefficient (Wildman–Crippen LogP) is 3.91. The minimum atomic E-state index is -0.00465. The van der Waals surface area contributed by atoms with Crippen molar-refractivity contribution in [3.05, 3.63) is 58.1 Å². The lowest BCUT2D eigenvalue weighted by Gasteiger charge is -2.08. The zero-order valence-corrected chi connectivity index (χ0v) is 12.9. The maximum absolute atomic E-state index is 11.9. The number of hydrogen-bond acceptors (Lipinski definition) is 2. The van der Waals surface area contributed by atoms with Crippen LogP contribution in [0.25, 0.3) is 0 Å². The first-order valence-electron chi connectivity index (χ1n) is 6.45. The molecule has 3 N–H and O–H groups in total. The van der Waals surface area contributed by atoms with Gasteiger partial charge < -0.3 is 11.1 Å². The fraction of sp³-hybridized carbons (Fsp3) is 0.188. The van der Waals surface area contributed by atoms with Gasteiger partial charge in [-0.2, -0.15) is 0 Å². The van der Waals surface area contributed by atoms with E-state index in [1.165, 1.54) is 11.1 Å². The standard InChI is InChI=1S/C16H17BrN2O/c1-11-4-2-3-5-12(11)6-9-16(20)19-13-7-8-14(17)15(18)10-13/h2-5,7-8,10H,6,9,18H2,1H3,(H,19,20). The lowest BCUT2D eigenvalue weighted by Crippen LogP contribution is -2.12. The second kappa shape index (κ2) is 6.57. The molecule has 20 heavy (non-hydrogen) atoms. The first-order chi connectivity index (χ1) is 9.56. The van der Waals surface area contributed by atoms with E-state index < -0.39 is 0 Å². The van der Waals surface area contributed by atoms with Crippen molar-refractivity contribution in [3.63, 3.8) is 0 Å². The molecule has 0 aliphatic rings. The van der Waals surface area contributed by atoms with E-state index in [2.05, 4.69) is 40.3 Å². The van der Waals surface area contributed by atoms with Gasteiger partial charge in [0.25, 0.3) is 0 Å². The largest absolute Gasteiger partial charge is 0.398 e. The molecule has 0 aliphatic carbocycles. The predicted molar refractivity (Wildman–Crippen MR) is 86.7 cm³/mol. The monoisotopic (exact) mass is 332 g/mol. The van der Waals surface area contributed by atoms with Crippen molar-refractivity contribution >= 4 is 33.2 Å². The molecule has 0 saturated heterocycles. The number of nitrogen functional groups attached to an aromatic ring is 1. The SMILES string of the molecule is Cc1ccccc1CCC(=O)Nc1ccc(Br)c(N)c1. The van der Waals surface area contributed by atoms with Gasteiger partial charge in [0.1, 0.15) is 0 Å². The second-order valence-corrected chi connectivity index (χ2v) is 5.57. The Hall–Kier alpha value is -1.81. The number of nitrogens with two attached hydrogens (primary N) is 1. The average molecular weight is 333 g/mol. The summed E-state index contributed by atoms with van der Waals surface area (Å²) in [6.07, 6.45) is 1.20. The summed E-state index contributed by atoms with van der Waals surface area (Å²) in [6, 6.07) is 13.5. The highest BCUT2D eigenvalue weighted by atomic mass is 79.9. The van der Waals surface area contributed by atoms with Crippen molar-refractivity contribution in [3.8, 4) is 0 Å². The Morgan fingerprint density at radius 2 is 2.00 bits per heavy atom. The smallest absolute Gasteiger partial charge is 0.224 e. The van der Waals surface area contributed by atoms with E-state index in [1.807, 2.05) is 24.3 Å². The molecule has 2 aromatic carbocycles. The first kappa shape index (κ1) is 14.6. The summed E-state index contributed by atoms with van der Waals surface area (Å²) >= 11 is 3.33. The minimum Gasteiger partial charge on any atom is -0.398 e. The molecule has 1 amide bonds. The van der Waals surface area contributed by atoms with E-state index in [-0.39, 0.29) is 5.91 Å². The molecule has 0 radical (unpaired) electrons. The van der Waals surface area contributed by atoms with Crippen LogP contribution in [0.4, 0.5) is 11.4 Å². The van der Waals surface area contributed by atoms with Crippen LogP contribution in [0.2, 0.25) is 0 Å². The van der Waals surface area contributed by atoms with Crippen LogP contribution in [0.15, 0.2) is 46.9 Å². The van der Waals surface area contributed by atoms with Gasteiger partial charge in [-0.15, -0.1) is 0 Å². The third-order valence-electron chi connectivity index (χ3n) is 3.16. The van der Waals surface area contributed by atoms with Crippen molar-refractivity contribution in [1.82, 2.24) is 0 Å². The normalized spacial score (nSPS) is 10.3. The molecule has 0 atom stereocenters. The molecule has 104 valence electrons. The third-order valence-corrected chi connectivity index (χ3v) is 3.88. The second-order valence-electron chi connectivity index (χ2n) is 4.71. The summed E-state index contributed by atoms with van der Waals surface area (Å²) in [5, 5.41) is 2.86. The topological polar surface area (TPSA) is 55.1 Å². The number of aryl methyl sites for hydroxylation is 2. The van der Waals surface area contributed by atoms with Gasteiger partial charge in [-0.3, -0.25) is 4.79 Å². The quantitative estimate of drug-likeness (QED) is 0.834. The van der Waals surface area contributed by atoms with E-state index in [1.54, 1.807) is 6.07 Å². The van der Waals surface area contributed by atoms with Crippen molar-refractivity contribution in [1.29, 1.82) is 0 Å². The van der Waals surface area contributed by atoms with Crippen molar-refractivity contribution in [2.24, 2.45) is 0 Å². The van der Waals surface area contributed by atoms with E-state index in [0.717, 1.165) is 16.6 Å². The maximum Gasteiger partial charge on any atom is 0.224 e. The lowest BCUT2D eigenvalue weighted by atomic mass is 10.0. The number of amides is 1. The zero-order valence-electron chi connectivity index (χ0n) is 11.3. The van der Waals surface area contributed by atoms with Crippen molar-refractivity contribution < 1.29 is 4.79 Å². The Bertz CT molecular complexity index is 626. The molecule has 0 heterocycles. The van der Waals surface area contributed by atoms with Crippen LogP contribution in [0.3, 0.4) is 0 Å². The summed E-state index contributed by atoms with van der Waals surface area (Å²) in [5.41, 5.74) is 9.54. The number of carbonyl (C=O) groups excluding carboxylic acids is 1. The zero-order chi connectivity index (χ0) is 14.5. The number of anilines is 2. The Morgan fingerprint density at radius 1 is 1.25 bits per heavy atom. The molecule has 0 aliphatic heterocycles. The van der Waals surface area contributed by atoms with E-state index in [4.69, 9.17) is 5.73 Å². The van der Waals surface area contributed by atoms with Gasteiger partial charge in [-0.25, -0.2) is 0 Å². The summed E-state index contributed by atoms with van der Waals surface area (Å²) in [5.74, 6) is -0.00465. The Kier molecular flexibility index (Phi) is 4.79. The molecule has 0 unspecified atom stereocenters. The Balaban J connectivity index is 1.93. The van der Waals surface area contributed by atoms with Gasteiger partial charge in [-0.05, 0) is 58.6 Å². The fourth-order valence-corrected chi connectivity index (χ4v) is 2.23. The van der Waals surface area contributed by atoms with Crippen molar-refractivity contribution in [2.75, 3.05) is 11.1 Å². The van der Waals surface area contributed by atoms with Gasteiger partial charge in [0.2, 0.25) is 5.91 Å².